The van der Waals surface area contributed by atoms with Crippen LogP contribution in [-0.2, 0) is 17.1 Å². The molecule has 0 radical (unpaired) electrons. The minimum Gasteiger partial charge on any atom is -0.456 e. The number of nitrogens with zero attached hydrogens (tertiary/aromatic N) is 1. The van der Waals surface area contributed by atoms with Crippen molar-refractivity contribution in [3.05, 3.63) is 51.0 Å². The molecule has 0 N–H and O–H groups in total. The summed E-state index contributed by atoms with van der Waals surface area (Å²) in [5.74, 6) is 1.79. The fraction of sp³-hybridized carbons (Fsp3) is 0.375. The van der Waals surface area contributed by atoms with Crippen LogP contribution in [0.25, 0.3) is 0 Å². The summed E-state index contributed by atoms with van der Waals surface area (Å²) in [5, 5.41) is 0.997. The Hall–Kier alpha value is -1.33. The van der Waals surface area contributed by atoms with Crippen LogP contribution in [0, 0.1) is 13.8 Å². The molecule has 1 aromatic heterocycles. The number of hydrogen-bond donors (Lipinski definition) is 0. The van der Waals surface area contributed by atoms with Crippen molar-refractivity contribution in [3.8, 4) is 0 Å². The first kappa shape index (κ1) is 16.0. The number of benzene rings is 1. The number of thioether (sulfide) groups is 1. The molecule has 112 valence electrons. The Morgan fingerprint density at radius 1 is 1.29 bits per heavy atom. The number of ether oxygens (including phenoxy) is 1. The molecule has 0 aliphatic heterocycles. The van der Waals surface area contributed by atoms with Crippen LogP contribution in [0.4, 0.5) is 0 Å². The van der Waals surface area contributed by atoms with E-state index in [0.717, 1.165) is 27.1 Å². The van der Waals surface area contributed by atoms with Gasteiger partial charge in [-0.05, 0) is 37.3 Å². The van der Waals surface area contributed by atoms with Crippen LogP contribution < -0.4 is 0 Å². The first-order chi connectivity index (χ1) is 10.1. The van der Waals surface area contributed by atoms with Crippen LogP contribution in [0.1, 0.15) is 38.4 Å². The zero-order valence-electron chi connectivity index (χ0n) is 12.5. The van der Waals surface area contributed by atoms with Gasteiger partial charge in [-0.25, -0.2) is 9.78 Å². The summed E-state index contributed by atoms with van der Waals surface area (Å²) in [4.78, 5) is 17.4. The number of thiazole rings is 1. The van der Waals surface area contributed by atoms with E-state index in [9.17, 15) is 4.79 Å². The highest BCUT2D eigenvalue weighted by atomic mass is 32.2. The molecule has 2 rings (SSSR count). The average molecular weight is 321 g/mol. The van der Waals surface area contributed by atoms with Gasteiger partial charge in [0.1, 0.15) is 6.61 Å². The summed E-state index contributed by atoms with van der Waals surface area (Å²) in [7, 11) is 0. The van der Waals surface area contributed by atoms with Gasteiger partial charge < -0.3 is 4.74 Å². The minimum atomic E-state index is -0.282. The van der Waals surface area contributed by atoms with Crippen LogP contribution in [-0.4, -0.2) is 16.7 Å². The molecule has 1 aromatic carbocycles. The van der Waals surface area contributed by atoms with Crippen molar-refractivity contribution in [1.29, 1.82) is 0 Å². The Morgan fingerprint density at radius 2 is 2.00 bits per heavy atom. The Morgan fingerprint density at radius 3 is 2.57 bits per heavy atom. The van der Waals surface area contributed by atoms with E-state index in [0.29, 0.717) is 12.2 Å². The van der Waals surface area contributed by atoms with Gasteiger partial charge in [0.05, 0.1) is 21.1 Å². The van der Waals surface area contributed by atoms with E-state index in [4.69, 9.17) is 4.74 Å². The van der Waals surface area contributed by atoms with Crippen LogP contribution in [0.3, 0.4) is 0 Å². The second-order valence-corrected chi connectivity index (χ2v) is 7.21. The summed E-state index contributed by atoms with van der Waals surface area (Å²) in [6, 6.07) is 7.64. The number of carbonyl (C=O) groups excluding carboxylic acids is 1. The van der Waals surface area contributed by atoms with Crippen molar-refractivity contribution in [2.45, 2.75) is 33.1 Å². The summed E-state index contributed by atoms with van der Waals surface area (Å²) in [5.41, 5.74) is 2.77. The summed E-state index contributed by atoms with van der Waals surface area (Å²) >= 11 is 3.44. The van der Waals surface area contributed by atoms with E-state index in [1.54, 1.807) is 11.3 Å². The molecule has 0 fully saturated rings. The molecular formula is C16H19NO2S2. The second kappa shape index (κ2) is 7.61. The van der Waals surface area contributed by atoms with Crippen LogP contribution >= 0.6 is 23.1 Å². The van der Waals surface area contributed by atoms with Crippen molar-refractivity contribution in [3.63, 3.8) is 0 Å². The third-order valence-corrected chi connectivity index (χ3v) is 4.99. The second-order valence-electron chi connectivity index (χ2n) is 4.65. The predicted molar refractivity (Wildman–Crippen MR) is 89.0 cm³/mol. The molecule has 1 heterocycles. The third kappa shape index (κ3) is 4.58. The van der Waals surface area contributed by atoms with Gasteiger partial charge in [0.2, 0.25) is 0 Å². The lowest BCUT2D eigenvalue weighted by Crippen LogP contribution is -2.05. The molecule has 0 saturated carbocycles. The Balaban J connectivity index is 1.92. The first-order valence-corrected chi connectivity index (χ1v) is 8.84. The van der Waals surface area contributed by atoms with Gasteiger partial charge in [0.15, 0.2) is 0 Å². The highest BCUT2D eigenvalue weighted by molar-refractivity contribution is 7.98. The smallest absolute Gasteiger partial charge is 0.338 e. The number of esters is 1. The van der Waals surface area contributed by atoms with E-state index in [-0.39, 0.29) is 5.97 Å². The standard InChI is InChI=1S/C16H19NO2S2/c1-4-20-10-13-5-7-14(8-6-13)16(18)19-9-15-11(2)17-12(3)21-15/h5-8H,4,9-10H2,1-3H3. The van der Waals surface area contributed by atoms with Gasteiger partial charge in [0.25, 0.3) is 0 Å². The molecule has 0 amide bonds. The number of aryl methyl sites for hydroxylation is 2. The highest BCUT2D eigenvalue weighted by Crippen LogP contribution is 2.19. The fourth-order valence-electron chi connectivity index (χ4n) is 1.88. The zero-order valence-corrected chi connectivity index (χ0v) is 14.1. The molecule has 21 heavy (non-hydrogen) atoms. The maximum Gasteiger partial charge on any atom is 0.338 e. The van der Waals surface area contributed by atoms with Gasteiger partial charge >= 0.3 is 5.97 Å². The van der Waals surface area contributed by atoms with Crippen molar-refractivity contribution in [2.75, 3.05) is 5.75 Å². The quantitative estimate of drug-likeness (QED) is 0.741. The molecule has 0 atom stereocenters. The lowest BCUT2D eigenvalue weighted by molar-refractivity contribution is 0.0476. The summed E-state index contributed by atoms with van der Waals surface area (Å²) in [6.45, 7) is 6.33. The summed E-state index contributed by atoms with van der Waals surface area (Å²) in [6.07, 6.45) is 0. The van der Waals surface area contributed by atoms with E-state index >= 15 is 0 Å². The normalized spacial score (nSPS) is 10.6. The maximum atomic E-state index is 12.0. The largest absolute Gasteiger partial charge is 0.456 e. The van der Waals surface area contributed by atoms with Gasteiger partial charge in [-0.1, -0.05) is 19.1 Å². The van der Waals surface area contributed by atoms with Crippen LogP contribution in [0.15, 0.2) is 24.3 Å². The Kier molecular flexibility index (Phi) is 5.82. The molecule has 3 nitrogen and oxygen atoms in total. The van der Waals surface area contributed by atoms with Gasteiger partial charge in [-0.15, -0.1) is 11.3 Å². The maximum absolute atomic E-state index is 12.0. The predicted octanol–water partition coefficient (Wildman–Crippen LogP) is 4.37. The fourth-order valence-corrected chi connectivity index (χ4v) is 3.36. The monoisotopic (exact) mass is 321 g/mol. The summed E-state index contributed by atoms with van der Waals surface area (Å²) < 4.78 is 5.36. The van der Waals surface area contributed by atoms with Gasteiger partial charge in [0, 0.05) is 5.75 Å². The molecular weight excluding hydrogens is 302 g/mol. The van der Waals surface area contributed by atoms with Gasteiger partial charge in [-0.2, -0.15) is 11.8 Å². The SMILES string of the molecule is CCSCc1ccc(C(=O)OCc2sc(C)nc2C)cc1. The Bertz CT molecular complexity index is 605. The molecule has 2 aromatic rings. The van der Waals surface area contributed by atoms with E-state index < -0.39 is 0 Å². The highest BCUT2D eigenvalue weighted by Gasteiger charge is 2.10. The molecule has 0 saturated heterocycles. The van der Waals surface area contributed by atoms with E-state index in [2.05, 4.69) is 11.9 Å². The molecule has 0 spiro atoms. The average Bonchev–Trinajstić information content (AvgIpc) is 2.81. The number of aromatic nitrogens is 1. The van der Waals surface area contributed by atoms with Crippen LogP contribution in [0.2, 0.25) is 0 Å². The van der Waals surface area contributed by atoms with Crippen molar-refractivity contribution in [2.24, 2.45) is 0 Å². The number of hydrogen-bond acceptors (Lipinski definition) is 5. The molecule has 0 bridgehead atoms. The molecule has 0 aliphatic carbocycles. The first-order valence-electron chi connectivity index (χ1n) is 6.87. The minimum absolute atomic E-state index is 0.282. The number of rotatable bonds is 6. The zero-order chi connectivity index (χ0) is 15.2. The van der Waals surface area contributed by atoms with Crippen molar-refractivity contribution >= 4 is 29.1 Å². The van der Waals surface area contributed by atoms with E-state index in [1.807, 2.05) is 49.9 Å². The van der Waals surface area contributed by atoms with Gasteiger partial charge in [-0.3, -0.25) is 0 Å². The van der Waals surface area contributed by atoms with E-state index in [1.165, 1.54) is 5.56 Å². The molecule has 5 heteroatoms. The molecule has 0 aliphatic rings. The van der Waals surface area contributed by atoms with Crippen molar-refractivity contribution < 1.29 is 9.53 Å². The lowest BCUT2D eigenvalue weighted by Gasteiger charge is -2.05. The molecule has 0 unspecified atom stereocenters. The third-order valence-electron chi connectivity index (χ3n) is 3.00. The Labute approximate surface area is 133 Å². The topological polar surface area (TPSA) is 39.2 Å². The van der Waals surface area contributed by atoms with Crippen LogP contribution in [0.5, 0.6) is 0 Å². The number of carbonyl (C=O) groups is 1. The lowest BCUT2D eigenvalue weighted by atomic mass is 10.1. The van der Waals surface area contributed by atoms with Crippen molar-refractivity contribution in [1.82, 2.24) is 4.98 Å².